The molecule has 0 aromatic heterocycles. The van der Waals surface area contributed by atoms with E-state index in [1.54, 1.807) is 0 Å². The van der Waals surface area contributed by atoms with Crippen molar-refractivity contribution >= 4 is 33.8 Å². The van der Waals surface area contributed by atoms with E-state index in [0.29, 0.717) is 12.1 Å². The van der Waals surface area contributed by atoms with Crippen molar-refractivity contribution in [3.8, 4) is 0 Å². The molecule has 0 N–H and O–H groups in total. The molecule has 0 saturated heterocycles. The van der Waals surface area contributed by atoms with Crippen molar-refractivity contribution in [3.63, 3.8) is 0 Å². The number of benzene rings is 1. The average molecular weight is 359 g/mol. The molecule has 0 saturated carbocycles. The second kappa shape index (κ2) is 5.92. The van der Waals surface area contributed by atoms with Crippen LogP contribution >= 0.6 is 0 Å². The van der Waals surface area contributed by atoms with Gasteiger partial charge in [-0.05, 0) is 0 Å². The van der Waals surface area contributed by atoms with E-state index in [4.69, 9.17) is 0 Å². The Morgan fingerprint density at radius 3 is 1.89 bits per heavy atom. The monoisotopic (exact) mass is 358 g/mol. The van der Waals surface area contributed by atoms with Crippen LogP contribution in [-0.4, -0.2) is 23.1 Å². The van der Waals surface area contributed by atoms with E-state index in [9.17, 15) is 30.7 Å². The van der Waals surface area contributed by atoms with Gasteiger partial charge in [-0.2, -0.15) is 13.2 Å². The smallest absolute Gasteiger partial charge is 1.00 e. The molecule has 0 heterocycles. The van der Waals surface area contributed by atoms with Crippen LogP contribution in [0.3, 0.4) is 0 Å². The maximum atomic E-state index is 13.1. The molecule has 0 unspecified atom stereocenters. The van der Waals surface area contributed by atoms with Crippen LogP contribution in [0, 0.1) is 23.3 Å². The third-order valence-electron chi connectivity index (χ3n) is 2.28. The number of rotatable bonds is 0. The van der Waals surface area contributed by atoms with Gasteiger partial charge >= 0.3 is 29.2 Å². The Hall–Kier alpha value is -0.414. The van der Waals surface area contributed by atoms with E-state index < -0.39 is 45.8 Å². The molecule has 0 amide bonds. The molecular weight excluding hydrogens is 357 g/mol. The summed E-state index contributed by atoms with van der Waals surface area (Å²) in [6, 6.07) is 0.870. The molecule has 0 fully saturated rings. The maximum Gasteiger partial charge on any atom is 2.00 e. The fourth-order valence-electron chi connectivity index (χ4n) is 1.59. The molecule has 0 spiro atoms. The molecule has 0 radical (unpaired) electrons. The third-order valence-corrected chi connectivity index (χ3v) is 2.28. The van der Waals surface area contributed by atoms with Crippen LogP contribution in [0.5, 0.6) is 0 Å². The normalized spacial score (nSPS) is 11.1. The summed E-state index contributed by atoms with van der Waals surface area (Å²) in [6.07, 6.45) is -5.18. The van der Waals surface area contributed by atoms with Crippen LogP contribution in [0.25, 0.3) is 10.8 Å². The van der Waals surface area contributed by atoms with Gasteiger partial charge in [0.2, 0.25) is 0 Å². The molecule has 19 heavy (non-hydrogen) atoms. The van der Waals surface area contributed by atoms with Crippen LogP contribution in [0.2, 0.25) is 0 Å². The minimum absolute atomic E-state index is 0. The number of alkyl halides is 3. The topological polar surface area (TPSA) is 0 Å². The summed E-state index contributed by atoms with van der Waals surface area (Å²) in [7, 11) is 0. The molecule has 100 valence electrons. The number of halogens is 8. The van der Waals surface area contributed by atoms with Crippen LogP contribution in [-0.2, 0) is 6.18 Å². The number of hydrogen-bond acceptors (Lipinski definition) is 0. The van der Waals surface area contributed by atoms with E-state index >= 15 is 0 Å². The fraction of sp³-hybridized carbons (Fsp3) is 0.100. The van der Waals surface area contributed by atoms with Crippen molar-refractivity contribution in [1.82, 2.24) is 0 Å². The molecule has 0 bridgehead atoms. The van der Waals surface area contributed by atoms with Crippen molar-refractivity contribution in [2.24, 2.45) is 0 Å². The van der Waals surface area contributed by atoms with E-state index in [1.807, 2.05) is 0 Å². The second-order valence-electron chi connectivity index (χ2n) is 3.28. The van der Waals surface area contributed by atoms with Crippen LogP contribution < -0.4 is 17.0 Å². The first-order chi connectivity index (χ1) is 7.75. The average Bonchev–Trinajstić information content (AvgIpc) is 2.46. The van der Waals surface area contributed by atoms with Gasteiger partial charge in [-0.3, -0.25) is 4.39 Å². The molecule has 9 heteroatoms. The fourth-order valence-corrected chi connectivity index (χ4v) is 1.59. The van der Waals surface area contributed by atoms with Gasteiger partial charge in [-0.1, -0.05) is 11.5 Å². The van der Waals surface area contributed by atoms with Gasteiger partial charge in [0.05, 0.1) is 11.6 Å². The minimum Gasteiger partial charge on any atom is -1.00 e. The summed E-state index contributed by atoms with van der Waals surface area (Å²) in [6.45, 7) is 0. The zero-order valence-electron chi connectivity index (χ0n) is 8.89. The molecule has 2 aromatic carbocycles. The standard InChI is InChI=1S/C10H2F7.BrH.Mg/c11-4-2-1-3-5(7(4)12)8(13)9(14)6(3)10(15,16)17;;/h1-2H;1H;/q-1;;+2/p-1. The van der Waals surface area contributed by atoms with Gasteiger partial charge in [-0.15, -0.1) is 11.5 Å². The summed E-state index contributed by atoms with van der Waals surface area (Å²) in [5, 5.41) is -2.36. The maximum absolute atomic E-state index is 13.1. The van der Waals surface area contributed by atoms with Gasteiger partial charge < -0.3 is 17.0 Å². The Bertz CT molecular complexity index is 602. The van der Waals surface area contributed by atoms with Crippen LogP contribution in [0.15, 0.2) is 12.1 Å². The zero-order valence-corrected chi connectivity index (χ0v) is 11.9. The van der Waals surface area contributed by atoms with Crippen LogP contribution in [0.4, 0.5) is 30.7 Å². The quantitative estimate of drug-likeness (QED) is 0.370. The second-order valence-corrected chi connectivity index (χ2v) is 3.28. The molecule has 0 atom stereocenters. The predicted octanol–water partition coefficient (Wildman–Crippen LogP) is 0.757. The molecule has 2 aromatic rings. The first-order valence-corrected chi connectivity index (χ1v) is 4.23. The van der Waals surface area contributed by atoms with E-state index in [0.717, 1.165) is 0 Å². The molecular formula is C10H2BrF7Mg. The summed E-state index contributed by atoms with van der Waals surface area (Å²) in [5.41, 5.74) is -1.93. The third kappa shape index (κ3) is 2.87. The van der Waals surface area contributed by atoms with Crippen molar-refractivity contribution in [2.45, 2.75) is 6.18 Å². The minimum atomic E-state index is -5.18. The van der Waals surface area contributed by atoms with Crippen molar-refractivity contribution in [3.05, 3.63) is 41.0 Å². The molecule has 2 rings (SSSR count). The Morgan fingerprint density at radius 1 is 0.895 bits per heavy atom. The van der Waals surface area contributed by atoms with E-state index in [-0.39, 0.29) is 40.0 Å². The molecule has 0 aliphatic heterocycles. The van der Waals surface area contributed by atoms with Gasteiger partial charge in [0, 0.05) is 5.56 Å². The number of hydrogen-bond donors (Lipinski definition) is 0. The Balaban J connectivity index is 0.00000162. The van der Waals surface area contributed by atoms with Gasteiger partial charge in [0.15, 0.2) is 0 Å². The largest absolute Gasteiger partial charge is 2.00 e. The Labute approximate surface area is 128 Å². The molecule has 0 aliphatic carbocycles. The van der Waals surface area contributed by atoms with E-state index in [1.165, 1.54) is 0 Å². The van der Waals surface area contributed by atoms with Crippen molar-refractivity contribution in [2.75, 3.05) is 0 Å². The first-order valence-electron chi connectivity index (χ1n) is 4.23. The predicted molar refractivity (Wildman–Crippen MR) is 50.1 cm³/mol. The molecule has 0 nitrogen and oxygen atoms in total. The summed E-state index contributed by atoms with van der Waals surface area (Å²) >= 11 is 0. The SMILES string of the molecule is Fc1ccc2c(c1F)c(F)c(F)[c-]2C(F)(F)F.[Br-].[Mg+2]. The van der Waals surface area contributed by atoms with Crippen molar-refractivity contribution in [1.29, 1.82) is 0 Å². The van der Waals surface area contributed by atoms with Gasteiger partial charge in [0.1, 0.15) is 11.6 Å². The van der Waals surface area contributed by atoms with E-state index in [2.05, 4.69) is 0 Å². The Kier molecular flexibility index (Phi) is 5.79. The summed E-state index contributed by atoms with van der Waals surface area (Å²) < 4.78 is 89.2. The van der Waals surface area contributed by atoms with Gasteiger partial charge in [-0.25, -0.2) is 13.2 Å². The number of fused-ring (bicyclic) bond motifs is 1. The summed E-state index contributed by atoms with van der Waals surface area (Å²) in [4.78, 5) is 0. The first kappa shape index (κ1) is 18.6. The molecule has 0 aliphatic rings. The van der Waals surface area contributed by atoms with Crippen molar-refractivity contribution < 1.29 is 47.7 Å². The Morgan fingerprint density at radius 2 is 1.42 bits per heavy atom. The zero-order chi connectivity index (χ0) is 13.0. The van der Waals surface area contributed by atoms with Crippen LogP contribution in [0.1, 0.15) is 5.56 Å². The summed E-state index contributed by atoms with van der Waals surface area (Å²) in [5.74, 6) is -7.65. The van der Waals surface area contributed by atoms with Gasteiger partial charge in [0.25, 0.3) is 0 Å².